The number of hydrogen-bond acceptors (Lipinski definition) is 2. The van der Waals surface area contributed by atoms with Crippen LogP contribution in [0.2, 0.25) is 0 Å². The van der Waals surface area contributed by atoms with Crippen LogP contribution in [-0.2, 0) is 4.79 Å². The van der Waals surface area contributed by atoms with Crippen LogP contribution in [0.25, 0.3) is 0 Å². The Bertz CT molecular complexity index is 275. The Morgan fingerprint density at radius 2 is 1.74 bits per heavy atom. The highest BCUT2D eigenvalue weighted by atomic mass is 16.2. The van der Waals surface area contributed by atoms with Crippen molar-refractivity contribution in [2.75, 3.05) is 19.6 Å². The maximum Gasteiger partial charge on any atom is 0.225 e. The normalized spacial score (nSPS) is 19.5. The molecule has 0 aromatic rings. The molecule has 1 aliphatic rings. The molecule has 1 N–H and O–H groups in total. The van der Waals surface area contributed by atoms with Gasteiger partial charge in [0.15, 0.2) is 0 Å². The predicted molar refractivity (Wildman–Crippen MR) is 81.1 cm³/mol. The van der Waals surface area contributed by atoms with Crippen molar-refractivity contribution in [3.63, 3.8) is 0 Å². The van der Waals surface area contributed by atoms with Crippen LogP contribution in [0, 0.1) is 11.3 Å². The SMILES string of the molecule is CC(C)CC(CNC(=O)C(C)(C)C)N1CCCCC1. The van der Waals surface area contributed by atoms with E-state index in [0.717, 1.165) is 6.54 Å². The second-order valence-electron chi connectivity index (χ2n) is 7.34. The van der Waals surface area contributed by atoms with Crippen molar-refractivity contribution in [2.45, 2.75) is 66.3 Å². The molecule has 1 heterocycles. The molecule has 0 saturated carbocycles. The number of rotatable bonds is 5. The highest BCUT2D eigenvalue weighted by molar-refractivity contribution is 5.81. The Morgan fingerprint density at radius 1 is 1.16 bits per heavy atom. The van der Waals surface area contributed by atoms with E-state index in [9.17, 15) is 4.79 Å². The quantitative estimate of drug-likeness (QED) is 0.831. The molecule has 0 aromatic carbocycles. The molecule has 1 unspecified atom stereocenters. The average molecular weight is 268 g/mol. The fourth-order valence-corrected chi connectivity index (χ4v) is 2.66. The minimum Gasteiger partial charge on any atom is -0.354 e. The van der Waals surface area contributed by atoms with Gasteiger partial charge in [0.1, 0.15) is 0 Å². The molecule has 3 nitrogen and oxygen atoms in total. The Kier molecular flexibility index (Phi) is 6.31. The van der Waals surface area contributed by atoms with Crippen molar-refractivity contribution >= 4 is 5.91 Å². The molecule has 1 aliphatic heterocycles. The second-order valence-corrected chi connectivity index (χ2v) is 7.34. The minimum atomic E-state index is -0.287. The first kappa shape index (κ1) is 16.5. The zero-order chi connectivity index (χ0) is 14.5. The lowest BCUT2D eigenvalue weighted by molar-refractivity contribution is -0.128. The third-order valence-corrected chi connectivity index (χ3v) is 3.83. The van der Waals surface area contributed by atoms with E-state index in [1.165, 1.54) is 38.8 Å². The average Bonchev–Trinajstić information content (AvgIpc) is 2.33. The third-order valence-electron chi connectivity index (χ3n) is 3.83. The summed E-state index contributed by atoms with van der Waals surface area (Å²) in [5, 5.41) is 3.14. The van der Waals surface area contributed by atoms with E-state index in [1.54, 1.807) is 0 Å². The van der Waals surface area contributed by atoms with Crippen LogP contribution in [-0.4, -0.2) is 36.5 Å². The van der Waals surface area contributed by atoms with E-state index in [2.05, 4.69) is 24.1 Å². The molecular weight excluding hydrogens is 236 g/mol. The second kappa shape index (κ2) is 7.28. The Labute approximate surface area is 119 Å². The summed E-state index contributed by atoms with van der Waals surface area (Å²) < 4.78 is 0. The van der Waals surface area contributed by atoms with Gasteiger partial charge in [0.25, 0.3) is 0 Å². The van der Waals surface area contributed by atoms with Gasteiger partial charge in [-0.05, 0) is 38.3 Å². The molecule has 19 heavy (non-hydrogen) atoms. The molecular formula is C16H32N2O. The smallest absolute Gasteiger partial charge is 0.225 e. The molecule has 0 bridgehead atoms. The van der Waals surface area contributed by atoms with Crippen LogP contribution >= 0.6 is 0 Å². The van der Waals surface area contributed by atoms with Gasteiger partial charge in [0.2, 0.25) is 5.91 Å². The van der Waals surface area contributed by atoms with Gasteiger partial charge in [0.05, 0.1) is 0 Å². The topological polar surface area (TPSA) is 32.3 Å². The fraction of sp³-hybridized carbons (Fsp3) is 0.938. The molecule has 112 valence electrons. The maximum absolute atomic E-state index is 12.0. The lowest BCUT2D eigenvalue weighted by atomic mass is 9.95. The van der Waals surface area contributed by atoms with Crippen molar-refractivity contribution in [2.24, 2.45) is 11.3 Å². The highest BCUT2D eigenvalue weighted by Crippen LogP contribution is 2.18. The standard InChI is InChI=1S/C16H32N2O/c1-13(2)11-14(18-9-7-6-8-10-18)12-17-15(19)16(3,4)5/h13-14H,6-12H2,1-5H3,(H,17,19). The van der Waals surface area contributed by atoms with E-state index in [4.69, 9.17) is 0 Å². The molecule has 0 spiro atoms. The summed E-state index contributed by atoms with van der Waals surface area (Å²) in [4.78, 5) is 14.6. The van der Waals surface area contributed by atoms with Crippen molar-refractivity contribution in [3.05, 3.63) is 0 Å². The van der Waals surface area contributed by atoms with Crippen LogP contribution in [0.3, 0.4) is 0 Å². The third kappa shape index (κ3) is 5.94. The summed E-state index contributed by atoms with van der Waals surface area (Å²) in [6.07, 6.45) is 5.15. The van der Waals surface area contributed by atoms with Crippen molar-refractivity contribution < 1.29 is 4.79 Å². The van der Waals surface area contributed by atoms with Gasteiger partial charge in [-0.25, -0.2) is 0 Å². The Balaban J connectivity index is 2.51. The molecule has 0 aliphatic carbocycles. The zero-order valence-electron chi connectivity index (χ0n) is 13.5. The molecule has 1 rings (SSSR count). The van der Waals surface area contributed by atoms with Gasteiger partial charge >= 0.3 is 0 Å². The van der Waals surface area contributed by atoms with E-state index in [-0.39, 0.29) is 11.3 Å². The lowest BCUT2D eigenvalue weighted by Crippen LogP contribution is -2.48. The van der Waals surface area contributed by atoms with E-state index >= 15 is 0 Å². The fourth-order valence-electron chi connectivity index (χ4n) is 2.66. The summed E-state index contributed by atoms with van der Waals surface area (Å²) >= 11 is 0. The van der Waals surface area contributed by atoms with Gasteiger partial charge in [-0.15, -0.1) is 0 Å². The molecule has 3 heteroatoms. The number of piperidine rings is 1. The minimum absolute atomic E-state index is 0.165. The number of nitrogens with zero attached hydrogens (tertiary/aromatic N) is 1. The van der Waals surface area contributed by atoms with Gasteiger partial charge in [0, 0.05) is 18.0 Å². The molecule has 1 saturated heterocycles. The van der Waals surface area contributed by atoms with Crippen LogP contribution < -0.4 is 5.32 Å². The van der Waals surface area contributed by atoms with Crippen LogP contribution in [0.15, 0.2) is 0 Å². The predicted octanol–water partition coefficient (Wildman–Crippen LogP) is 3.05. The van der Waals surface area contributed by atoms with Crippen molar-refractivity contribution in [1.82, 2.24) is 10.2 Å². The lowest BCUT2D eigenvalue weighted by Gasteiger charge is -2.36. The highest BCUT2D eigenvalue weighted by Gasteiger charge is 2.25. The number of hydrogen-bond donors (Lipinski definition) is 1. The number of amides is 1. The monoisotopic (exact) mass is 268 g/mol. The van der Waals surface area contributed by atoms with E-state index in [0.29, 0.717) is 12.0 Å². The number of likely N-dealkylation sites (tertiary alicyclic amines) is 1. The van der Waals surface area contributed by atoms with Crippen LogP contribution in [0.1, 0.15) is 60.3 Å². The summed E-state index contributed by atoms with van der Waals surface area (Å²) in [5.41, 5.74) is -0.287. The Morgan fingerprint density at radius 3 is 2.21 bits per heavy atom. The molecule has 0 aromatic heterocycles. The molecule has 1 amide bonds. The van der Waals surface area contributed by atoms with Crippen LogP contribution in [0.5, 0.6) is 0 Å². The van der Waals surface area contributed by atoms with Gasteiger partial charge < -0.3 is 5.32 Å². The van der Waals surface area contributed by atoms with Gasteiger partial charge in [-0.1, -0.05) is 41.0 Å². The number of carbonyl (C=O) groups is 1. The summed E-state index contributed by atoms with van der Waals surface area (Å²) in [5.74, 6) is 0.844. The van der Waals surface area contributed by atoms with Crippen molar-refractivity contribution in [1.29, 1.82) is 0 Å². The summed E-state index contributed by atoms with van der Waals surface area (Å²) in [6, 6.07) is 0.506. The number of nitrogens with one attached hydrogen (secondary N) is 1. The maximum atomic E-state index is 12.0. The van der Waals surface area contributed by atoms with Gasteiger partial charge in [-0.2, -0.15) is 0 Å². The van der Waals surface area contributed by atoms with Gasteiger partial charge in [-0.3, -0.25) is 9.69 Å². The number of carbonyl (C=O) groups excluding carboxylic acids is 1. The Hall–Kier alpha value is -0.570. The van der Waals surface area contributed by atoms with Crippen LogP contribution in [0.4, 0.5) is 0 Å². The largest absolute Gasteiger partial charge is 0.354 e. The molecule has 0 radical (unpaired) electrons. The van der Waals surface area contributed by atoms with E-state index in [1.807, 2.05) is 20.8 Å². The first-order valence-corrected chi connectivity index (χ1v) is 7.83. The zero-order valence-corrected chi connectivity index (χ0v) is 13.5. The van der Waals surface area contributed by atoms with Crippen molar-refractivity contribution in [3.8, 4) is 0 Å². The first-order valence-electron chi connectivity index (χ1n) is 7.83. The van der Waals surface area contributed by atoms with E-state index < -0.39 is 0 Å². The molecule has 1 fully saturated rings. The first-order chi connectivity index (χ1) is 8.80. The summed E-state index contributed by atoms with van der Waals surface area (Å²) in [6.45, 7) is 13.6. The summed E-state index contributed by atoms with van der Waals surface area (Å²) in [7, 11) is 0. The molecule has 1 atom stereocenters.